The minimum atomic E-state index is -3.75. The van der Waals surface area contributed by atoms with Crippen LogP contribution in [0, 0.1) is 5.82 Å². The summed E-state index contributed by atoms with van der Waals surface area (Å²) in [6, 6.07) is 20.0. The smallest absolute Gasteiger partial charge is 0.261 e. The zero-order valence-electron chi connectivity index (χ0n) is 16.0. The van der Waals surface area contributed by atoms with E-state index in [1.54, 1.807) is 49.5 Å². The number of anilines is 1. The Hall–Kier alpha value is -3.19. The molecule has 0 fully saturated rings. The molecule has 3 aromatic rings. The fraction of sp³-hybridized carbons (Fsp3) is 0.136. The molecule has 150 valence electrons. The molecule has 0 saturated carbocycles. The first-order valence-corrected chi connectivity index (χ1v) is 10.5. The summed E-state index contributed by atoms with van der Waals surface area (Å²) in [7, 11) is -2.10. The molecule has 0 aliphatic heterocycles. The molecule has 0 saturated heterocycles. The highest BCUT2D eigenvalue weighted by Gasteiger charge is 2.20. The minimum absolute atomic E-state index is 0.0622. The Kier molecular flexibility index (Phi) is 5.98. The Labute approximate surface area is 169 Å². The Morgan fingerprint density at radius 3 is 2.10 bits per heavy atom. The summed E-state index contributed by atoms with van der Waals surface area (Å²) in [4.78, 5) is 14.4. The van der Waals surface area contributed by atoms with Gasteiger partial charge in [0, 0.05) is 18.3 Å². The molecule has 0 aliphatic carbocycles. The van der Waals surface area contributed by atoms with Crippen LogP contribution in [0.15, 0.2) is 83.8 Å². The first-order chi connectivity index (χ1) is 13.8. The van der Waals surface area contributed by atoms with Gasteiger partial charge in [-0.25, -0.2) is 12.8 Å². The van der Waals surface area contributed by atoms with Gasteiger partial charge < -0.3 is 4.90 Å². The number of para-hydroxylation sites is 1. The number of nitrogens with zero attached hydrogens (tertiary/aromatic N) is 1. The third-order valence-corrected chi connectivity index (χ3v) is 6.09. The van der Waals surface area contributed by atoms with Gasteiger partial charge in [0.15, 0.2) is 0 Å². The lowest BCUT2D eigenvalue weighted by Gasteiger charge is -2.25. The number of halogens is 1. The summed E-state index contributed by atoms with van der Waals surface area (Å²) in [5.41, 5.74) is 1.62. The van der Waals surface area contributed by atoms with Gasteiger partial charge >= 0.3 is 0 Å². The highest BCUT2D eigenvalue weighted by molar-refractivity contribution is 7.92. The molecule has 0 bridgehead atoms. The van der Waals surface area contributed by atoms with Crippen molar-refractivity contribution in [2.45, 2.75) is 17.9 Å². The van der Waals surface area contributed by atoms with Crippen molar-refractivity contribution < 1.29 is 17.6 Å². The monoisotopic (exact) mass is 412 g/mol. The Morgan fingerprint density at radius 1 is 0.931 bits per heavy atom. The molecular weight excluding hydrogens is 391 g/mol. The van der Waals surface area contributed by atoms with Gasteiger partial charge in [-0.05, 0) is 61.0 Å². The average molecular weight is 412 g/mol. The van der Waals surface area contributed by atoms with E-state index in [0.717, 1.165) is 5.56 Å². The number of carbonyl (C=O) groups excluding carboxylic acids is 1. The summed E-state index contributed by atoms with van der Waals surface area (Å²) in [5, 5.41) is 0. The van der Waals surface area contributed by atoms with Crippen LogP contribution in [0.25, 0.3) is 0 Å². The van der Waals surface area contributed by atoms with Crippen LogP contribution in [0.2, 0.25) is 0 Å². The second-order valence-electron chi connectivity index (χ2n) is 6.64. The van der Waals surface area contributed by atoms with Gasteiger partial charge in [-0.3, -0.25) is 9.52 Å². The van der Waals surface area contributed by atoms with Gasteiger partial charge in [0.25, 0.3) is 15.9 Å². The first kappa shape index (κ1) is 20.5. The number of carbonyl (C=O) groups is 1. The third-order valence-electron chi connectivity index (χ3n) is 4.69. The van der Waals surface area contributed by atoms with E-state index in [2.05, 4.69) is 4.72 Å². The molecule has 0 spiro atoms. The standard InChI is InChI=1S/C22H21FN2O3S/c1-16(17-8-12-19(23)13-9-17)25(2)22(26)18-10-14-21(15-11-18)29(27,28)24-20-6-4-3-5-7-20/h3-16,24H,1-2H3. The SMILES string of the molecule is CC(c1ccc(F)cc1)N(C)C(=O)c1ccc(S(=O)(=O)Nc2ccccc2)cc1. The molecule has 7 heteroatoms. The molecule has 1 N–H and O–H groups in total. The van der Waals surface area contributed by atoms with Gasteiger partial charge in [-0.15, -0.1) is 0 Å². The van der Waals surface area contributed by atoms with Crippen molar-refractivity contribution in [1.29, 1.82) is 0 Å². The van der Waals surface area contributed by atoms with Crippen molar-refractivity contribution in [3.05, 3.63) is 95.8 Å². The number of benzene rings is 3. The molecule has 0 aromatic heterocycles. The van der Waals surface area contributed by atoms with Crippen LogP contribution in [0.4, 0.5) is 10.1 Å². The highest BCUT2D eigenvalue weighted by atomic mass is 32.2. The largest absolute Gasteiger partial charge is 0.335 e. The number of hydrogen-bond acceptors (Lipinski definition) is 3. The molecule has 0 radical (unpaired) electrons. The Balaban J connectivity index is 1.75. The maximum atomic E-state index is 13.1. The van der Waals surface area contributed by atoms with E-state index in [1.165, 1.54) is 41.3 Å². The normalized spacial score (nSPS) is 12.2. The minimum Gasteiger partial charge on any atom is -0.335 e. The van der Waals surface area contributed by atoms with Crippen molar-refractivity contribution in [3.8, 4) is 0 Å². The fourth-order valence-corrected chi connectivity index (χ4v) is 3.90. The van der Waals surface area contributed by atoms with E-state index in [9.17, 15) is 17.6 Å². The number of nitrogens with one attached hydrogen (secondary N) is 1. The molecule has 1 unspecified atom stereocenters. The summed E-state index contributed by atoms with van der Waals surface area (Å²) >= 11 is 0. The Bertz CT molecular complexity index is 1080. The lowest BCUT2D eigenvalue weighted by Crippen LogP contribution is -2.29. The van der Waals surface area contributed by atoms with Gasteiger partial charge in [-0.2, -0.15) is 0 Å². The van der Waals surface area contributed by atoms with Crippen LogP contribution in [0.3, 0.4) is 0 Å². The van der Waals surface area contributed by atoms with Crippen molar-refractivity contribution >= 4 is 21.6 Å². The quantitative estimate of drug-likeness (QED) is 0.650. The van der Waals surface area contributed by atoms with Gasteiger partial charge in [0.1, 0.15) is 5.82 Å². The Morgan fingerprint density at radius 2 is 1.52 bits per heavy atom. The van der Waals surface area contributed by atoms with E-state index in [0.29, 0.717) is 11.3 Å². The van der Waals surface area contributed by atoms with Crippen molar-refractivity contribution in [1.82, 2.24) is 4.90 Å². The first-order valence-electron chi connectivity index (χ1n) is 8.98. The third kappa shape index (κ3) is 4.81. The average Bonchev–Trinajstić information content (AvgIpc) is 2.73. The van der Waals surface area contributed by atoms with Crippen molar-refractivity contribution in [2.24, 2.45) is 0 Å². The maximum absolute atomic E-state index is 13.1. The van der Waals surface area contributed by atoms with Crippen LogP contribution in [0.1, 0.15) is 28.9 Å². The summed E-state index contributed by atoms with van der Waals surface area (Å²) in [6.45, 7) is 1.84. The van der Waals surface area contributed by atoms with E-state index in [4.69, 9.17) is 0 Å². The molecular formula is C22H21FN2O3S. The lowest BCUT2D eigenvalue weighted by atomic mass is 10.1. The number of rotatable bonds is 6. The molecule has 3 aromatic carbocycles. The van der Waals surface area contributed by atoms with E-state index in [-0.39, 0.29) is 22.7 Å². The molecule has 5 nitrogen and oxygen atoms in total. The lowest BCUT2D eigenvalue weighted by molar-refractivity contribution is 0.0742. The second-order valence-corrected chi connectivity index (χ2v) is 8.32. The van der Waals surface area contributed by atoms with Gasteiger partial charge in [0.2, 0.25) is 0 Å². The maximum Gasteiger partial charge on any atom is 0.261 e. The zero-order chi connectivity index (χ0) is 21.0. The number of hydrogen-bond donors (Lipinski definition) is 1. The van der Waals surface area contributed by atoms with E-state index in [1.807, 2.05) is 6.92 Å². The predicted molar refractivity (Wildman–Crippen MR) is 111 cm³/mol. The van der Waals surface area contributed by atoms with E-state index < -0.39 is 10.0 Å². The molecule has 3 rings (SSSR count). The molecule has 0 heterocycles. The van der Waals surface area contributed by atoms with Crippen LogP contribution in [-0.4, -0.2) is 26.3 Å². The summed E-state index contributed by atoms with van der Waals surface area (Å²) in [6.07, 6.45) is 0. The highest BCUT2D eigenvalue weighted by Crippen LogP contribution is 2.22. The second kappa shape index (κ2) is 8.45. The number of amides is 1. The van der Waals surface area contributed by atoms with Crippen molar-refractivity contribution in [3.63, 3.8) is 0 Å². The molecule has 0 aliphatic rings. The summed E-state index contributed by atoms with van der Waals surface area (Å²) < 4.78 is 40.6. The zero-order valence-corrected chi connectivity index (χ0v) is 16.9. The van der Waals surface area contributed by atoms with Crippen molar-refractivity contribution in [2.75, 3.05) is 11.8 Å². The van der Waals surface area contributed by atoms with E-state index >= 15 is 0 Å². The fourth-order valence-electron chi connectivity index (χ4n) is 2.84. The van der Waals surface area contributed by atoms with Crippen LogP contribution < -0.4 is 4.72 Å². The van der Waals surface area contributed by atoms with Crippen LogP contribution >= 0.6 is 0 Å². The van der Waals surface area contributed by atoms with Gasteiger partial charge in [0.05, 0.1) is 10.9 Å². The summed E-state index contributed by atoms with van der Waals surface area (Å²) in [5.74, 6) is -0.599. The predicted octanol–water partition coefficient (Wildman–Crippen LogP) is 4.46. The molecule has 1 amide bonds. The van der Waals surface area contributed by atoms with Crippen LogP contribution in [0.5, 0.6) is 0 Å². The van der Waals surface area contributed by atoms with Gasteiger partial charge in [-0.1, -0.05) is 30.3 Å². The van der Waals surface area contributed by atoms with Crippen LogP contribution in [-0.2, 0) is 10.0 Å². The molecule has 1 atom stereocenters. The molecule has 29 heavy (non-hydrogen) atoms. The topological polar surface area (TPSA) is 66.5 Å². The number of sulfonamides is 1.